The largest absolute Gasteiger partial charge is 0.490 e. The number of ether oxygens (including phenoxy) is 1. The average Bonchev–Trinajstić information content (AvgIpc) is 2.61. The highest BCUT2D eigenvalue weighted by Gasteiger charge is 2.19. The SMILES string of the molecule is COc1ccc(C(=O)NC(=S)Nc2ccccc2[N+](=O)[O-])cc1[N+](=O)[O-]. The monoisotopic (exact) mass is 376 g/mol. The Morgan fingerprint density at radius 3 is 2.35 bits per heavy atom. The smallest absolute Gasteiger partial charge is 0.311 e. The molecule has 0 aliphatic carbocycles. The Morgan fingerprint density at radius 2 is 1.73 bits per heavy atom. The Labute approximate surface area is 152 Å². The summed E-state index contributed by atoms with van der Waals surface area (Å²) < 4.78 is 4.86. The van der Waals surface area contributed by atoms with Crippen molar-refractivity contribution >= 4 is 40.3 Å². The van der Waals surface area contributed by atoms with Gasteiger partial charge in [-0.25, -0.2) is 0 Å². The number of hydrogen-bond acceptors (Lipinski definition) is 7. The topological polar surface area (TPSA) is 137 Å². The minimum atomic E-state index is -0.716. The van der Waals surface area contributed by atoms with Crippen molar-refractivity contribution in [3.63, 3.8) is 0 Å². The molecule has 2 aromatic rings. The van der Waals surface area contributed by atoms with E-state index in [2.05, 4.69) is 10.6 Å². The van der Waals surface area contributed by atoms with Crippen LogP contribution in [0.15, 0.2) is 42.5 Å². The number of nitro groups is 2. The number of carbonyl (C=O) groups is 1. The van der Waals surface area contributed by atoms with Gasteiger partial charge in [0.25, 0.3) is 11.6 Å². The van der Waals surface area contributed by atoms with E-state index < -0.39 is 15.8 Å². The molecule has 0 saturated carbocycles. The number of amides is 1. The molecule has 0 aliphatic heterocycles. The Balaban J connectivity index is 2.15. The van der Waals surface area contributed by atoms with Gasteiger partial charge in [0.15, 0.2) is 10.9 Å². The molecule has 0 bridgehead atoms. The van der Waals surface area contributed by atoms with Crippen LogP contribution in [0.2, 0.25) is 0 Å². The van der Waals surface area contributed by atoms with Crippen LogP contribution in [0.4, 0.5) is 17.1 Å². The van der Waals surface area contributed by atoms with E-state index in [1.54, 1.807) is 6.07 Å². The second-order valence-electron chi connectivity index (χ2n) is 4.83. The van der Waals surface area contributed by atoms with Gasteiger partial charge in [-0.2, -0.15) is 0 Å². The number of benzene rings is 2. The maximum Gasteiger partial charge on any atom is 0.311 e. The van der Waals surface area contributed by atoms with Gasteiger partial charge >= 0.3 is 5.69 Å². The molecule has 11 heteroatoms. The van der Waals surface area contributed by atoms with E-state index in [1.165, 1.54) is 37.4 Å². The Bertz CT molecular complexity index is 901. The molecule has 0 radical (unpaired) electrons. The number of hydrogen-bond donors (Lipinski definition) is 2. The lowest BCUT2D eigenvalue weighted by molar-refractivity contribution is -0.385. The average molecular weight is 376 g/mol. The second-order valence-corrected chi connectivity index (χ2v) is 5.23. The molecule has 2 aromatic carbocycles. The standard InChI is InChI=1S/C15H12N4O6S/c1-25-13-7-6-9(8-12(13)19(23)24)14(20)17-15(26)16-10-4-2-3-5-11(10)18(21)22/h2-8H,1H3,(H2,16,17,20,26). The van der Waals surface area contributed by atoms with E-state index in [1.807, 2.05) is 0 Å². The van der Waals surface area contributed by atoms with Crippen molar-refractivity contribution in [3.8, 4) is 5.75 Å². The van der Waals surface area contributed by atoms with Crippen LogP contribution in [0.1, 0.15) is 10.4 Å². The summed E-state index contributed by atoms with van der Waals surface area (Å²) in [5.74, 6) is -0.709. The minimum Gasteiger partial charge on any atom is -0.490 e. The highest BCUT2D eigenvalue weighted by molar-refractivity contribution is 7.80. The van der Waals surface area contributed by atoms with E-state index in [-0.39, 0.29) is 33.5 Å². The first kappa shape index (κ1) is 18.7. The lowest BCUT2D eigenvalue weighted by atomic mass is 10.1. The fraction of sp³-hybridized carbons (Fsp3) is 0.0667. The highest BCUT2D eigenvalue weighted by atomic mass is 32.1. The molecule has 1 amide bonds. The number of methoxy groups -OCH3 is 1. The van der Waals surface area contributed by atoms with Crippen LogP contribution >= 0.6 is 12.2 Å². The quantitative estimate of drug-likeness (QED) is 0.461. The number of nitro benzene ring substituents is 2. The molecular formula is C15H12N4O6S. The van der Waals surface area contributed by atoms with Crippen molar-refractivity contribution in [2.45, 2.75) is 0 Å². The van der Waals surface area contributed by atoms with Gasteiger partial charge in [0, 0.05) is 17.7 Å². The zero-order valence-electron chi connectivity index (χ0n) is 13.3. The van der Waals surface area contributed by atoms with Gasteiger partial charge in [0.1, 0.15) is 5.69 Å². The molecule has 0 atom stereocenters. The van der Waals surface area contributed by atoms with Crippen LogP contribution in [0.5, 0.6) is 5.75 Å². The molecule has 134 valence electrons. The number of nitrogens with zero attached hydrogens (tertiary/aromatic N) is 2. The van der Waals surface area contributed by atoms with E-state index in [0.717, 1.165) is 6.07 Å². The van der Waals surface area contributed by atoms with Crippen molar-refractivity contribution < 1.29 is 19.4 Å². The number of thiocarbonyl (C=S) groups is 1. The van der Waals surface area contributed by atoms with Crippen molar-refractivity contribution in [1.82, 2.24) is 5.32 Å². The Hall–Kier alpha value is -3.60. The zero-order valence-corrected chi connectivity index (χ0v) is 14.1. The lowest BCUT2D eigenvalue weighted by Gasteiger charge is -2.10. The van der Waals surface area contributed by atoms with E-state index >= 15 is 0 Å². The van der Waals surface area contributed by atoms with Gasteiger partial charge in [-0.05, 0) is 30.4 Å². The number of anilines is 1. The van der Waals surface area contributed by atoms with E-state index in [9.17, 15) is 25.0 Å². The molecule has 0 aliphatic rings. The number of para-hydroxylation sites is 2. The Kier molecular flexibility index (Phi) is 5.75. The molecule has 26 heavy (non-hydrogen) atoms. The summed E-state index contributed by atoms with van der Waals surface area (Å²) in [6, 6.07) is 9.41. The maximum absolute atomic E-state index is 12.2. The predicted octanol–water partition coefficient (Wildman–Crippen LogP) is 2.64. The molecule has 0 unspecified atom stereocenters. The van der Waals surface area contributed by atoms with Crippen molar-refractivity contribution in [2.75, 3.05) is 12.4 Å². The lowest BCUT2D eigenvalue weighted by Crippen LogP contribution is -2.34. The summed E-state index contributed by atoms with van der Waals surface area (Å²) >= 11 is 4.97. The highest BCUT2D eigenvalue weighted by Crippen LogP contribution is 2.27. The zero-order chi connectivity index (χ0) is 19.3. The molecule has 10 nitrogen and oxygen atoms in total. The van der Waals surface area contributed by atoms with Gasteiger partial charge in [0.05, 0.1) is 17.0 Å². The number of carbonyl (C=O) groups excluding carboxylic acids is 1. The van der Waals surface area contributed by atoms with Gasteiger partial charge < -0.3 is 10.1 Å². The molecule has 0 spiro atoms. The third-order valence-corrected chi connectivity index (χ3v) is 3.42. The summed E-state index contributed by atoms with van der Waals surface area (Å²) in [6.45, 7) is 0. The van der Waals surface area contributed by atoms with Crippen molar-refractivity contribution in [3.05, 3.63) is 68.3 Å². The van der Waals surface area contributed by atoms with Crippen LogP contribution in [0, 0.1) is 20.2 Å². The Morgan fingerprint density at radius 1 is 1.08 bits per heavy atom. The van der Waals surface area contributed by atoms with Gasteiger partial charge in [-0.15, -0.1) is 0 Å². The van der Waals surface area contributed by atoms with Crippen molar-refractivity contribution in [2.24, 2.45) is 0 Å². The summed E-state index contributed by atoms with van der Waals surface area (Å²) in [7, 11) is 1.27. The molecule has 2 N–H and O–H groups in total. The minimum absolute atomic E-state index is 0.00663. The summed E-state index contributed by atoms with van der Waals surface area (Å²) in [6.07, 6.45) is 0. The molecule has 0 heterocycles. The van der Waals surface area contributed by atoms with Crippen molar-refractivity contribution in [1.29, 1.82) is 0 Å². The first-order chi connectivity index (χ1) is 12.3. The summed E-state index contributed by atoms with van der Waals surface area (Å²) in [5.41, 5.74) is -0.519. The number of rotatable bonds is 5. The fourth-order valence-corrected chi connectivity index (χ4v) is 2.24. The molecular weight excluding hydrogens is 364 g/mol. The maximum atomic E-state index is 12.2. The van der Waals surface area contributed by atoms with Crippen LogP contribution in [0.3, 0.4) is 0 Å². The van der Waals surface area contributed by atoms with Crippen LogP contribution in [0.25, 0.3) is 0 Å². The third kappa shape index (κ3) is 4.27. The van der Waals surface area contributed by atoms with Gasteiger partial charge in [-0.1, -0.05) is 12.1 Å². The molecule has 0 aromatic heterocycles. The molecule has 0 saturated heterocycles. The first-order valence-electron chi connectivity index (χ1n) is 7.01. The van der Waals surface area contributed by atoms with Crippen LogP contribution < -0.4 is 15.4 Å². The van der Waals surface area contributed by atoms with E-state index in [4.69, 9.17) is 17.0 Å². The fourth-order valence-electron chi connectivity index (χ4n) is 2.04. The molecule has 0 fully saturated rings. The van der Waals surface area contributed by atoms with Gasteiger partial charge in [-0.3, -0.25) is 30.3 Å². The third-order valence-electron chi connectivity index (χ3n) is 3.21. The summed E-state index contributed by atoms with van der Waals surface area (Å²) in [4.78, 5) is 32.9. The predicted molar refractivity (Wildman–Crippen MR) is 96.4 cm³/mol. The van der Waals surface area contributed by atoms with Crippen LogP contribution in [-0.2, 0) is 0 Å². The molecule has 2 rings (SSSR count). The van der Waals surface area contributed by atoms with Crippen LogP contribution in [-0.4, -0.2) is 28.0 Å². The second kappa shape index (κ2) is 7.98. The van der Waals surface area contributed by atoms with Gasteiger partial charge in [0.2, 0.25) is 0 Å². The van der Waals surface area contributed by atoms with E-state index in [0.29, 0.717) is 0 Å². The first-order valence-corrected chi connectivity index (χ1v) is 7.42. The summed E-state index contributed by atoms with van der Waals surface area (Å²) in [5, 5.41) is 26.6. The number of nitrogens with one attached hydrogen (secondary N) is 2. The normalized spacial score (nSPS) is 9.88.